The van der Waals surface area contributed by atoms with E-state index in [4.69, 9.17) is 16.6 Å². The van der Waals surface area contributed by atoms with Gasteiger partial charge >= 0.3 is 5.97 Å². The molecule has 0 aliphatic rings. The lowest BCUT2D eigenvalue weighted by Crippen LogP contribution is -2.42. The standard InChI is InChI=1S/C4H11N3O2.ClH/c5-3(6)1-7-2-4(8)9;/h3,7H,1-2,5-6H2,(H,8,9);1H. The molecule has 0 aliphatic carbocycles. The van der Waals surface area contributed by atoms with Crippen molar-refractivity contribution in [1.82, 2.24) is 5.32 Å². The molecule has 0 aliphatic heterocycles. The highest BCUT2D eigenvalue weighted by Crippen LogP contribution is 1.61. The van der Waals surface area contributed by atoms with Gasteiger partial charge in [0, 0.05) is 6.54 Å². The topological polar surface area (TPSA) is 101 Å². The fourth-order valence-electron chi connectivity index (χ4n) is 0.346. The largest absolute Gasteiger partial charge is 0.480 e. The van der Waals surface area contributed by atoms with Crippen molar-refractivity contribution in [3.05, 3.63) is 0 Å². The van der Waals surface area contributed by atoms with E-state index in [-0.39, 0.29) is 19.0 Å². The zero-order chi connectivity index (χ0) is 7.28. The van der Waals surface area contributed by atoms with Gasteiger partial charge in [0.1, 0.15) is 0 Å². The van der Waals surface area contributed by atoms with Crippen molar-refractivity contribution < 1.29 is 9.90 Å². The van der Waals surface area contributed by atoms with E-state index < -0.39 is 12.1 Å². The first-order chi connectivity index (χ1) is 4.13. The van der Waals surface area contributed by atoms with Crippen LogP contribution in [0.15, 0.2) is 0 Å². The second-order valence-corrected chi connectivity index (χ2v) is 1.69. The predicted octanol–water partition coefficient (Wildman–Crippen LogP) is -1.67. The zero-order valence-corrected chi connectivity index (χ0v) is 6.23. The monoisotopic (exact) mass is 169 g/mol. The maximum absolute atomic E-state index is 9.84. The molecule has 0 saturated heterocycles. The Hall–Kier alpha value is -0.360. The summed E-state index contributed by atoms with van der Waals surface area (Å²) in [5.74, 6) is -0.907. The third kappa shape index (κ3) is 10.6. The minimum Gasteiger partial charge on any atom is -0.480 e. The number of hydrogen-bond donors (Lipinski definition) is 4. The highest BCUT2D eigenvalue weighted by molar-refractivity contribution is 5.85. The average Bonchev–Trinajstić information content (AvgIpc) is 1.63. The lowest BCUT2D eigenvalue weighted by molar-refractivity contribution is -0.135. The van der Waals surface area contributed by atoms with E-state index in [0.717, 1.165) is 0 Å². The number of aliphatic carboxylic acids is 1. The van der Waals surface area contributed by atoms with E-state index >= 15 is 0 Å². The summed E-state index contributed by atoms with van der Waals surface area (Å²) in [4.78, 5) is 9.84. The lowest BCUT2D eigenvalue weighted by atomic mass is 10.5. The van der Waals surface area contributed by atoms with Gasteiger partial charge in [-0.2, -0.15) is 0 Å². The van der Waals surface area contributed by atoms with E-state index in [9.17, 15) is 4.79 Å². The molecule has 5 nitrogen and oxygen atoms in total. The van der Waals surface area contributed by atoms with Crippen molar-refractivity contribution in [3.8, 4) is 0 Å². The fourth-order valence-corrected chi connectivity index (χ4v) is 0.346. The summed E-state index contributed by atoms with van der Waals surface area (Å²) in [7, 11) is 0. The maximum atomic E-state index is 9.84. The van der Waals surface area contributed by atoms with Crippen molar-refractivity contribution in [2.75, 3.05) is 13.1 Å². The Morgan fingerprint density at radius 1 is 1.60 bits per heavy atom. The molecule has 0 unspecified atom stereocenters. The number of nitrogens with two attached hydrogens (primary N) is 2. The molecule has 0 heterocycles. The first kappa shape index (κ1) is 12.3. The molecular weight excluding hydrogens is 158 g/mol. The lowest BCUT2D eigenvalue weighted by Gasteiger charge is -2.03. The van der Waals surface area contributed by atoms with Crippen molar-refractivity contribution in [2.45, 2.75) is 6.17 Å². The van der Waals surface area contributed by atoms with Crippen LogP contribution in [0, 0.1) is 0 Å². The van der Waals surface area contributed by atoms with Crippen molar-refractivity contribution in [2.24, 2.45) is 11.5 Å². The Balaban J connectivity index is 0. The van der Waals surface area contributed by atoms with Gasteiger partial charge in [0.25, 0.3) is 0 Å². The number of carboxylic acids is 1. The van der Waals surface area contributed by atoms with Crippen LogP contribution < -0.4 is 16.8 Å². The minimum atomic E-state index is -0.907. The molecule has 0 aromatic carbocycles. The Morgan fingerprint density at radius 2 is 2.10 bits per heavy atom. The van der Waals surface area contributed by atoms with E-state index in [1.165, 1.54) is 0 Å². The molecule has 0 atom stereocenters. The van der Waals surface area contributed by atoms with Gasteiger partial charge in [-0.1, -0.05) is 0 Å². The Labute approximate surface area is 65.2 Å². The van der Waals surface area contributed by atoms with Crippen molar-refractivity contribution in [1.29, 1.82) is 0 Å². The van der Waals surface area contributed by atoms with Crippen LogP contribution in [0.1, 0.15) is 0 Å². The summed E-state index contributed by atoms with van der Waals surface area (Å²) in [6, 6.07) is 0. The van der Waals surface area contributed by atoms with E-state index in [1.54, 1.807) is 0 Å². The van der Waals surface area contributed by atoms with Gasteiger partial charge in [-0.15, -0.1) is 12.4 Å². The Bertz CT molecular complexity index is 98.5. The number of carbonyl (C=O) groups is 1. The van der Waals surface area contributed by atoms with Crippen LogP contribution in [0.25, 0.3) is 0 Å². The number of hydrogen-bond acceptors (Lipinski definition) is 4. The minimum absolute atomic E-state index is 0. The number of halogens is 1. The van der Waals surface area contributed by atoms with Gasteiger partial charge in [0.2, 0.25) is 0 Å². The summed E-state index contributed by atoms with van der Waals surface area (Å²) in [6.07, 6.45) is -0.482. The van der Waals surface area contributed by atoms with Crippen LogP contribution in [0.3, 0.4) is 0 Å². The van der Waals surface area contributed by atoms with Gasteiger partial charge in [-0.05, 0) is 0 Å². The van der Waals surface area contributed by atoms with Crippen LogP contribution in [0.2, 0.25) is 0 Å². The molecule has 0 amide bonds. The second kappa shape index (κ2) is 6.76. The van der Waals surface area contributed by atoms with E-state index in [1.807, 2.05) is 0 Å². The first-order valence-corrected chi connectivity index (χ1v) is 2.56. The Morgan fingerprint density at radius 3 is 2.40 bits per heavy atom. The van der Waals surface area contributed by atoms with Gasteiger partial charge in [0.05, 0.1) is 12.7 Å². The molecule has 62 valence electrons. The molecule has 0 fully saturated rings. The molecule has 0 saturated carbocycles. The molecule has 10 heavy (non-hydrogen) atoms. The molecule has 0 radical (unpaired) electrons. The summed E-state index contributed by atoms with van der Waals surface area (Å²) in [6.45, 7) is 0.233. The second-order valence-electron chi connectivity index (χ2n) is 1.69. The van der Waals surface area contributed by atoms with Crippen molar-refractivity contribution in [3.63, 3.8) is 0 Å². The third-order valence-corrected chi connectivity index (χ3v) is 0.656. The number of nitrogens with one attached hydrogen (secondary N) is 1. The molecule has 6 N–H and O–H groups in total. The molecule has 0 rings (SSSR count). The molecule has 0 aromatic rings. The van der Waals surface area contributed by atoms with Crippen LogP contribution in [0.5, 0.6) is 0 Å². The van der Waals surface area contributed by atoms with Gasteiger partial charge in [0.15, 0.2) is 0 Å². The SMILES string of the molecule is Cl.NC(N)CNCC(=O)O. The van der Waals surface area contributed by atoms with Gasteiger partial charge < -0.3 is 21.9 Å². The molecule has 0 spiro atoms. The third-order valence-electron chi connectivity index (χ3n) is 0.656. The molecular formula is C4H12ClN3O2. The fraction of sp³-hybridized carbons (Fsp3) is 0.750. The van der Waals surface area contributed by atoms with E-state index in [0.29, 0.717) is 6.54 Å². The van der Waals surface area contributed by atoms with Crippen LogP contribution in [-0.4, -0.2) is 30.3 Å². The Kier molecular flexibility index (Phi) is 8.33. The summed E-state index contributed by atoms with van der Waals surface area (Å²) >= 11 is 0. The van der Waals surface area contributed by atoms with Crippen LogP contribution >= 0.6 is 12.4 Å². The van der Waals surface area contributed by atoms with E-state index in [2.05, 4.69) is 5.32 Å². The quantitative estimate of drug-likeness (QED) is 0.377. The number of rotatable bonds is 4. The zero-order valence-electron chi connectivity index (χ0n) is 5.41. The number of carboxylic acid groups (broad SMARTS) is 1. The van der Waals surface area contributed by atoms with Crippen molar-refractivity contribution >= 4 is 18.4 Å². The maximum Gasteiger partial charge on any atom is 0.317 e. The summed E-state index contributed by atoms with van der Waals surface area (Å²) in [5, 5.41) is 10.6. The summed E-state index contributed by atoms with van der Waals surface area (Å²) < 4.78 is 0. The van der Waals surface area contributed by atoms with Crippen LogP contribution in [-0.2, 0) is 4.79 Å². The smallest absolute Gasteiger partial charge is 0.317 e. The normalized spacial score (nSPS) is 9.10. The molecule has 0 aromatic heterocycles. The first-order valence-electron chi connectivity index (χ1n) is 2.56. The summed E-state index contributed by atoms with van der Waals surface area (Å²) in [5.41, 5.74) is 10.2. The molecule has 0 bridgehead atoms. The van der Waals surface area contributed by atoms with Gasteiger partial charge in [-0.3, -0.25) is 4.79 Å². The molecule has 6 heteroatoms. The average molecular weight is 170 g/mol. The van der Waals surface area contributed by atoms with Crippen LogP contribution in [0.4, 0.5) is 0 Å². The predicted molar refractivity (Wildman–Crippen MR) is 39.9 cm³/mol. The highest BCUT2D eigenvalue weighted by Gasteiger charge is 1.95. The van der Waals surface area contributed by atoms with Gasteiger partial charge in [-0.25, -0.2) is 0 Å². The highest BCUT2D eigenvalue weighted by atomic mass is 35.5.